The van der Waals surface area contributed by atoms with E-state index in [4.69, 9.17) is 16.0 Å². The molecule has 7 nitrogen and oxygen atoms in total. The normalized spacial score (nSPS) is 15.9. The van der Waals surface area contributed by atoms with Crippen LogP contribution in [0.2, 0.25) is 5.02 Å². The fourth-order valence-corrected chi connectivity index (χ4v) is 4.03. The second kappa shape index (κ2) is 6.66. The first-order chi connectivity index (χ1) is 13.7. The molecule has 2 N–H and O–H groups in total. The Bertz CT molecular complexity index is 1210. The number of rotatable bonds is 3. The lowest BCUT2D eigenvalue weighted by molar-refractivity contribution is 0.570. The van der Waals surface area contributed by atoms with Gasteiger partial charge in [-0.3, -0.25) is 10.1 Å². The molecule has 3 aromatic heterocycles. The molecule has 28 heavy (non-hydrogen) atoms. The Hall–Kier alpha value is -3.37. The standard InChI is InChI=1S/C20H15ClN6O/c21-18-11(7-22)8-24-19-13(18)2-1-3-16(19)25-12-4-5-15-14(6-12)20(27-26-15)17-9-23-10-28-17/h4-6,8-10,16,25H,1-3H2,(H,26,27)/t16-/m0/s1. The summed E-state index contributed by atoms with van der Waals surface area (Å²) in [6.07, 6.45) is 7.36. The number of H-pyrrole nitrogens is 1. The van der Waals surface area contributed by atoms with Crippen LogP contribution in [0.3, 0.4) is 0 Å². The summed E-state index contributed by atoms with van der Waals surface area (Å²) in [5.41, 5.74) is 4.91. The highest BCUT2D eigenvalue weighted by Gasteiger charge is 2.25. The molecule has 8 heteroatoms. The lowest BCUT2D eigenvalue weighted by atomic mass is 9.90. The molecular weight excluding hydrogens is 376 g/mol. The minimum absolute atomic E-state index is 0.0343. The van der Waals surface area contributed by atoms with Crippen LogP contribution in [-0.4, -0.2) is 20.2 Å². The molecule has 0 saturated carbocycles. The van der Waals surface area contributed by atoms with E-state index in [0.29, 0.717) is 16.3 Å². The van der Waals surface area contributed by atoms with E-state index in [1.54, 1.807) is 12.4 Å². The van der Waals surface area contributed by atoms with E-state index >= 15 is 0 Å². The van der Waals surface area contributed by atoms with Crippen molar-refractivity contribution >= 4 is 28.2 Å². The Balaban J connectivity index is 1.51. The zero-order valence-electron chi connectivity index (χ0n) is 14.7. The van der Waals surface area contributed by atoms with Gasteiger partial charge in [-0.1, -0.05) is 11.6 Å². The summed E-state index contributed by atoms with van der Waals surface area (Å²) in [6.45, 7) is 0. The van der Waals surface area contributed by atoms with Gasteiger partial charge >= 0.3 is 0 Å². The predicted molar refractivity (Wildman–Crippen MR) is 105 cm³/mol. The number of oxazole rings is 1. The average molecular weight is 391 g/mol. The van der Waals surface area contributed by atoms with E-state index in [9.17, 15) is 5.26 Å². The van der Waals surface area contributed by atoms with Gasteiger partial charge in [0.05, 0.1) is 34.0 Å². The molecule has 0 unspecified atom stereocenters. The van der Waals surface area contributed by atoms with Crippen LogP contribution in [0, 0.1) is 11.3 Å². The van der Waals surface area contributed by atoms with Gasteiger partial charge in [0.1, 0.15) is 11.8 Å². The van der Waals surface area contributed by atoms with E-state index in [-0.39, 0.29) is 6.04 Å². The molecule has 1 atom stereocenters. The fraction of sp³-hybridized carbons (Fsp3) is 0.200. The maximum atomic E-state index is 9.19. The van der Waals surface area contributed by atoms with Crippen LogP contribution in [0.5, 0.6) is 0 Å². The number of hydrogen-bond donors (Lipinski definition) is 2. The highest BCUT2D eigenvalue weighted by molar-refractivity contribution is 6.32. The number of nitriles is 1. The van der Waals surface area contributed by atoms with E-state index in [2.05, 4.69) is 31.6 Å². The number of aromatic amines is 1. The van der Waals surface area contributed by atoms with Gasteiger partial charge in [-0.2, -0.15) is 10.4 Å². The maximum absolute atomic E-state index is 9.19. The molecule has 0 saturated heterocycles. The van der Waals surface area contributed by atoms with Crippen LogP contribution in [0.25, 0.3) is 22.4 Å². The monoisotopic (exact) mass is 390 g/mol. The summed E-state index contributed by atoms with van der Waals surface area (Å²) in [4.78, 5) is 8.50. The number of benzene rings is 1. The molecule has 0 aliphatic heterocycles. The van der Waals surface area contributed by atoms with Crippen LogP contribution < -0.4 is 5.32 Å². The first-order valence-electron chi connectivity index (χ1n) is 8.95. The van der Waals surface area contributed by atoms with Gasteiger partial charge in [0.25, 0.3) is 0 Å². The predicted octanol–water partition coefficient (Wildman–Crippen LogP) is 4.63. The Morgan fingerprint density at radius 3 is 3.07 bits per heavy atom. The third kappa shape index (κ3) is 2.70. The quantitative estimate of drug-likeness (QED) is 0.528. The van der Waals surface area contributed by atoms with E-state index in [0.717, 1.165) is 52.8 Å². The van der Waals surface area contributed by atoms with Crippen molar-refractivity contribution in [1.29, 1.82) is 5.26 Å². The number of aromatic nitrogens is 4. The Kier molecular flexibility index (Phi) is 3.99. The van der Waals surface area contributed by atoms with Crippen LogP contribution >= 0.6 is 11.6 Å². The first-order valence-corrected chi connectivity index (χ1v) is 9.33. The third-order valence-electron chi connectivity index (χ3n) is 5.08. The topological polar surface area (TPSA) is 103 Å². The second-order valence-electron chi connectivity index (χ2n) is 6.75. The van der Waals surface area contributed by atoms with Crippen LogP contribution in [0.1, 0.15) is 35.7 Å². The molecule has 1 aliphatic rings. The van der Waals surface area contributed by atoms with Crippen molar-refractivity contribution in [3.8, 4) is 17.5 Å². The summed E-state index contributed by atoms with van der Waals surface area (Å²) in [6, 6.07) is 8.16. The summed E-state index contributed by atoms with van der Waals surface area (Å²) in [5, 5.41) is 21.6. The molecule has 0 fully saturated rings. The summed E-state index contributed by atoms with van der Waals surface area (Å²) in [5.74, 6) is 0.615. The van der Waals surface area contributed by atoms with E-state index in [1.807, 2.05) is 18.2 Å². The smallest absolute Gasteiger partial charge is 0.181 e. The number of pyridine rings is 1. The zero-order chi connectivity index (χ0) is 19.1. The van der Waals surface area contributed by atoms with Crippen molar-refractivity contribution in [1.82, 2.24) is 20.2 Å². The highest BCUT2D eigenvalue weighted by atomic mass is 35.5. The molecule has 0 radical (unpaired) electrons. The molecule has 3 heterocycles. The molecule has 1 aliphatic carbocycles. The van der Waals surface area contributed by atoms with Crippen LogP contribution in [0.15, 0.2) is 41.4 Å². The van der Waals surface area contributed by atoms with Crippen molar-refractivity contribution in [2.45, 2.75) is 25.3 Å². The molecule has 0 bridgehead atoms. The molecule has 0 amide bonds. The number of fused-ring (bicyclic) bond motifs is 2. The minimum atomic E-state index is 0.0343. The number of halogens is 1. The number of hydrogen-bond acceptors (Lipinski definition) is 6. The maximum Gasteiger partial charge on any atom is 0.181 e. The summed E-state index contributed by atoms with van der Waals surface area (Å²) in [7, 11) is 0. The molecule has 5 rings (SSSR count). The van der Waals surface area contributed by atoms with Gasteiger partial charge < -0.3 is 9.73 Å². The number of nitrogens with zero attached hydrogens (tertiary/aromatic N) is 4. The summed E-state index contributed by atoms with van der Waals surface area (Å²) < 4.78 is 5.39. The van der Waals surface area contributed by atoms with Gasteiger partial charge in [0, 0.05) is 17.3 Å². The SMILES string of the molecule is N#Cc1cnc2c(c1Cl)CCC[C@@H]2Nc1ccc2[nH]nc(-c3cnco3)c2c1. The minimum Gasteiger partial charge on any atom is -0.442 e. The Morgan fingerprint density at radius 2 is 2.25 bits per heavy atom. The van der Waals surface area contributed by atoms with Gasteiger partial charge in [0.15, 0.2) is 12.2 Å². The van der Waals surface area contributed by atoms with Crippen molar-refractivity contribution in [2.75, 3.05) is 5.32 Å². The fourth-order valence-electron chi connectivity index (χ4n) is 3.75. The average Bonchev–Trinajstić information content (AvgIpc) is 3.38. The van der Waals surface area contributed by atoms with Crippen molar-refractivity contribution < 1.29 is 4.42 Å². The van der Waals surface area contributed by atoms with E-state index < -0.39 is 0 Å². The molecule has 1 aromatic carbocycles. The third-order valence-corrected chi connectivity index (χ3v) is 5.51. The number of nitrogens with one attached hydrogen (secondary N) is 2. The van der Waals surface area contributed by atoms with Gasteiger partial charge in [-0.25, -0.2) is 4.98 Å². The van der Waals surface area contributed by atoms with Gasteiger partial charge in [-0.05, 0) is 43.0 Å². The van der Waals surface area contributed by atoms with Gasteiger partial charge in [0.2, 0.25) is 0 Å². The second-order valence-corrected chi connectivity index (χ2v) is 7.13. The first kappa shape index (κ1) is 16.8. The Labute approximate surface area is 165 Å². The lowest BCUT2D eigenvalue weighted by Crippen LogP contribution is -2.19. The summed E-state index contributed by atoms with van der Waals surface area (Å²) >= 11 is 6.42. The number of anilines is 1. The largest absolute Gasteiger partial charge is 0.442 e. The van der Waals surface area contributed by atoms with Crippen molar-refractivity contribution in [2.24, 2.45) is 0 Å². The molecule has 138 valence electrons. The van der Waals surface area contributed by atoms with E-state index in [1.165, 1.54) is 6.39 Å². The molecular formula is C20H15ClN6O. The van der Waals surface area contributed by atoms with Crippen molar-refractivity contribution in [3.63, 3.8) is 0 Å². The zero-order valence-corrected chi connectivity index (χ0v) is 15.5. The van der Waals surface area contributed by atoms with Crippen LogP contribution in [0.4, 0.5) is 5.69 Å². The molecule has 4 aromatic rings. The van der Waals surface area contributed by atoms with Gasteiger partial charge in [-0.15, -0.1) is 0 Å². The molecule has 0 spiro atoms. The highest BCUT2D eigenvalue weighted by Crippen LogP contribution is 2.37. The van der Waals surface area contributed by atoms with Crippen molar-refractivity contribution in [3.05, 3.63) is 58.8 Å². The van der Waals surface area contributed by atoms with Crippen LogP contribution in [-0.2, 0) is 6.42 Å². The lowest BCUT2D eigenvalue weighted by Gasteiger charge is -2.27. The Morgan fingerprint density at radius 1 is 1.32 bits per heavy atom.